The molecule has 2 N–H and O–H groups in total. The van der Waals surface area contributed by atoms with Crippen molar-refractivity contribution in [2.45, 2.75) is 40.2 Å². The normalized spacial score (nSPS) is 18.0. The van der Waals surface area contributed by atoms with E-state index in [0.717, 1.165) is 5.56 Å². The maximum atomic E-state index is 14.8. The predicted octanol–water partition coefficient (Wildman–Crippen LogP) is 3.92. The summed E-state index contributed by atoms with van der Waals surface area (Å²) in [5.41, 5.74) is 2.82. The minimum Gasteiger partial charge on any atom is -0.484 e. The first-order valence-electron chi connectivity index (χ1n) is 12.4. The zero-order chi connectivity index (χ0) is 28.0. The number of carbonyl (C=O) groups excluding carboxylic acids is 2. The predicted molar refractivity (Wildman–Crippen MR) is 146 cm³/mol. The standard InChI is InChI=1S/C28H36FN5O4/c1-8-9-24-26(31-19(5)16-37-24)32-20(6)34-15-21(38-28(34)36)14-30-13-12-22-23(29)11-10-18(4)25(22)33(7)27(35)17(2)3/h8-11,21,30-31H,2,5,12-16H2,1,3-4,6-7H3/b9-8-,32-20?/t21-/m0/s1. The molecular formula is C28H36FN5O4. The molecule has 2 aliphatic heterocycles. The molecule has 0 saturated carbocycles. The van der Waals surface area contributed by atoms with Crippen molar-refractivity contribution >= 4 is 23.5 Å². The fraction of sp³-hybridized carbons (Fsp3) is 0.393. The van der Waals surface area contributed by atoms with Crippen molar-refractivity contribution in [3.63, 3.8) is 0 Å². The second-order valence-corrected chi connectivity index (χ2v) is 9.30. The summed E-state index contributed by atoms with van der Waals surface area (Å²) in [5.74, 6) is 0.835. The molecule has 0 bridgehead atoms. The van der Waals surface area contributed by atoms with Crippen LogP contribution in [0.4, 0.5) is 14.9 Å². The Morgan fingerprint density at radius 2 is 2.13 bits per heavy atom. The van der Waals surface area contributed by atoms with Crippen molar-refractivity contribution in [3.05, 3.63) is 77.2 Å². The lowest BCUT2D eigenvalue weighted by Crippen LogP contribution is -2.35. The molecule has 1 fully saturated rings. The number of amides is 2. The quantitative estimate of drug-likeness (QED) is 0.220. The van der Waals surface area contributed by atoms with Crippen LogP contribution in [-0.2, 0) is 20.7 Å². The van der Waals surface area contributed by atoms with E-state index < -0.39 is 12.2 Å². The molecule has 38 heavy (non-hydrogen) atoms. The van der Waals surface area contributed by atoms with Crippen LogP contribution < -0.4 is 15.5 Å². The lowest BCUT2D eigenvalue weighted by atomic mass is 10.0. The van der Waals surface area contributed by atoms with Crippen LogP contribution in [0.5, 0.6) is 0 Å². The van der Waals surface area contributed by atoms with Crippen LogP contribution in [0.3, 0.4) is 0 Å². The highest BCUT2D eigenvalue weighted by atomic mass is 19.1. The van der Waals surface area contributed by atoms with E-state index in [1.54, 1.807) is 33.0 Å². The van der Waals surface area contributed by atoms with Gasteiger partial charge < -0.3 is 25.0 Å². The number of halogens is 1. The van der Waals surface area contributed by atoms with Gasteiger partial charge in [-0.3, -0.25) is 9.69 Å². The molecule has 1 aromatic carbocycles. The number of carbonyl (C=O) groups is 2. The number of allylic oxidation sites excluding steroid dienone is 2. The van der Waals surface area contributed by atoms with Gasteiger partial charge in [0.1, 0.15) is 24.4 Å². The fourth-order valence-corrected chi connectivity index (χ4v) is 4.27. The van der Waals surface area contributed by atoms with Crippen LogP contribution in [0.25, 0.3) is 0 Å². The Kier molecular flexibility index (Phi) is 9.46. The highest BCUT2D eigenvalue weighted by Crippen LogP contribution is 2.28. The second kappa shape index (κ2) is 12.6. The van der Waals surface area contributed by atoms with Gasteiger partial charge in [0.2, 0.25) is 0 Å². The lowest BCUT2D eigenvalue weighted by molar-refractivity contribution is -0.114. The van der Waals surface area contributed by atoms with Crippen LogP contribution in [0.15, 0.2) is 65.3 Å². The smallest absolute Gasteiger partial charge is 0.415 e. The number of benzene rings is 1. The Morgan fingerprint density at radius 3 is 2.82 bits per heavy atom. The van der Waals surface area contributed by atoms with Crippen molar-refractivity contribution in [1.29, 1.82) is 0 Å². The number of hydrogen-bond donors (Lipinski definition) is 2. The van der Waals surface area contributed by atoms with Gasteiger partial charge in [0.15, 0.2) is 11.6 Å². The van der Waals surface area contributed by atoms with Crippen molar-refractivity contribution in [2.24, 2.45) is 4.99 Å². The number of aliphatic imine (C=N–C) groups is 1. The van der Waals surface area contributed by atoms with Gasteiger partial charge in [-0.15, -0.1) is 0 Å². The first-order chi connectivity index (χ1) is 18.0. The first-order valence-corrected chi connectivity index (χ1v) is 12.4. The van der Waals surface area contributed by atoms with Gasteiger partial charge in [-0.1, -0.05) is 25.3 Å². The number of nitrogens with one attached hydrogen (secondary N) is 2. The highest BCUT2D eigenvalue weighted by Gasteiger charge is 2.33. The van der Waals surface area contributed by atoms with E-state index >= 15 is 0 Å². The summed E-state index contributed by atoms with van der Waals surface area (Å²) in [6.45, 7) is 16.1. The Hall–Kier alpha value is -3.92. The SMILES string of the molecule is C=C1COC(/C=C\C)=C(N=C(C)N2C[C@H](CNCCc3c(F)ccc(C)c3N(C)C(=O)C(=C)C)OC2=O)N1. The highest BCUT2D eigenvalue weighted by molar-refractivity contribution is 6.05. The second-order valence-electron chi connectivity index (χ2n) is 9.30. The van der Waals surface area contributed by atoms with Crippen molar-refractivity contribution in [3.8, 4) is 0 Å². The largest absolute Gasteiger partial charge is 0.484 e. The molecule has 1 saturated heterocycles. The Balaban J connectivity index is 1.62. The van der Waals surface area contributed by atoms with Crippen LogP contribution in [0.2, 0.25) is 0 Å². The van der Waals surface area contributed by atoms with E-state index in [1.165, 1.54) is 15.9 Å². The number of ether oxygens (including phenoxy) is 2. The molecule has 1 aromatic rings. The first kappa shape index (κ1) is 28.6. The third kappa shape index (κ3) is 6.69. The van der Waals surface area contributed by atoms with Gasteiger partial charge in [0.25, 0.3) is 5.91 Å². The summed E-state index contributed by atoms with van der Waals surface area (Å²) in [7, 11) is 1.62. The number of hydrogen-bond acceptors (Lipinski definition) is 7. The minimum absolute atomic E-state index is 0.268. The van der Waals surface area contributed by atoms with E-state index in [2.05, 4.69) is 28.8 Å². The zero-order valence-corrected chi connectivity index (χ0v) is 22.7. The van der Waals surface area contributed by atoms with Crippen molar-refractivity contribution in [2.75, 3.05) is 38.2 Å². The lowest BCUT2D eigenvalue weighted by Gasteiger charge is -2.24. The van der Waals surface area contributed by atoms with E-state index in [-0.39, 0.29) is 11.7 Å². The number of cyclic esters (lactones) is 1. The Labute approximate surface area is 223 Å². The number of nitrogens with zero attached hydrogens (tertiary/aromatic N) is 3. The van der Waals surface area contributed by atoms with Crippen molar-refractivity contribution < 1.29 is 23.5 Å². The average molecular weight is 526 g/mol. The van der Waals surface area contributed by atoms with Gasteiger partial charge in [0, 0.05) is 30.4 Å². The van der Waals surface area contributed by atoms with Crippen LogP contribution in [0.1, 0.15) is 31.9 Å². The summed E-state index contributed by atoms with van der Waals surface area (Å²) in [4.78, 5) is 32.4. The summed E-state index contributed by atoms with van der Waals surface area (Å²) >= 11 is 0. The number of likely N-dealkylation sites (N-methyl/N-ethyl adjacent to an activating group) is 1. The third-order valence-corrected chi connectivity index (χ3v) is 6.14. The van der Waals surface area contributed by atoms with E-state index in [0.29, 0.717) is 72.6 Å². The molecule has 3 rings (SSSR count). The third-order valence-electron chi connectivity index (χ3n) is 6.14. The van der Waals surface area contributed by atoms with Gasteiger partial charge in [-0.2, -0.15) is 0 Å². The maximum absolute atomic E-state index is 14.8. The molecule has 2 amide bonds. The molecule has 0 aromatic heterocycles. The number of aryl methyl sites for hydroxylation is 1. The Morgan fingerprint density at radius 1 is 1.39 bits per heavy atom. The molecule has 9 nitrogen and oxygen atoms in total. The topological polar surface area (TPSA) is 95.5 Å². The van der Waals surface area contributed by atoms with Gasteiger partial charge in [0.05, 0.1) is 12.2 Å². The molecule has 0 radical (unpaired) electrons. The van der Waals surface area contributed by atoms with Crippen LogP contribution in [0, 0.1) is 12.7 Å². The van der Waals surface area contributed by atoms with E-state index in [9.17, 15) is 14.0 Å². The maximum Gasteiger partial charge on any atom is 0.415 e. The summed E-state index contributed by atoms with van der Waals surface area (Å²) in [6, 6.07) is 3.06. The summed E-state index contributed by atoms with van der Waals surface area (Å²) in [6.07, 6.45) is 3.07. The van der Waals surface area contributed by atoms with E-state index in [4.69, 9.17) is 9.47 Å². The molecule has 204 valence electrons. The molecule has 0 spiro atoms. The Bertz CT molecular complexity index is 1220. The molecule has 10 heteroatoms. The van der Waals surface area contributed by atoms with Crippen molar-refractivity contribution in [1.82, 2.24) is 15.5 Å². The van der Waals surface area contributed by atoms with E-state index in [1.807, 2.05) is 19.9 Å². The molecular weight excluding hydrogens is 489 g/mol. The average Bonchev–Trinajstić information content (AvgIpc) is 3.24. The number of rotatable bonds is 9. The van der Waals surface area contributed by atoms with Crippen LogP contribution >= 0.6 is 0 Å². The number of amidine groups is 1. The van der Waals surface area contributed by atoms with Gasteiger partial charge >= 0.3 is 6.09 Å². The zero-order valence-electron chi connectivity index (χ0n) is 22.7. The summed E-state index contributed by atoms with van der Waals surface area (Å²) < 4.78 is 25.9. The van der Waals surface area contributed by atoms with Crippen LogP contribution in [-0.4, -0.2) is 62.1 Å². The molecule has 0 aliphatic carbocycles. The minimum atomic E-state index is -0.492. The fourth-order valence-electron chi connectivity index (χ4n) is 4.27. The molecule has 2 aliphatic rings. The monoisotopic (exact) mass is 525 g/mol. The number of anilines is 1. The van der Waals surface area contributed by atoms with Gasteiger partial charge in [-0.05, 0) is 58.4 Å². The molecule has 0 unspecified atom stereocenters. The molecule has 2 heterocycles. The summed E-state index contributed by atoms with van der Waals surface area (Å²) in [5, 5.41) is 6.33. The van der Waals surface area contributed by atoms with Gasteiger partial charge in [-0.25, -0.2) is 14.2 Å². The molecule has 1 atom stereocenters.